The van der Waals surface area contributed by atoms with Crippen molar-refractivity contribution in [3.05, 3.63) is 42.2 Å². The number of hydrogen-bond acceptors (Lipinski definition) is 5. The number of carbonyl (C=O) groups is 1. The number of rotatable bonds is 5. The number of nitrogens with zero attached hydrogens (tertiary/aromatic N) is 2. The third-order valence-corrected chi connectivity index (χ3v) is 3.17. The molecule has 0 aliphatic heterocycles. The summed E-state index contributed by atoms with van der Waals surface area (Å²) in [5.74, 6) is 1.07. The van der Waals surface area contributed by atoms with Crippen LogP contribution in [0.1, 0.15) is 23.2 Å². The molecule has 1 aromatic heterocycles. The van der Waals surface area contributed by atoms with Gasteiger partial charge >= 0.3 is 0 Å². The summed E-state index contributed by atoms with van der Waals surface area (Å²) >= 11 is 0. The minimum atomic E-state index is -0.238. The van der Waals surface area contributed by atoms with Gasteiger partial charge in [0.1, 0.15) is 5.75 Å². The summed E-state index contributed by atoms with van der Waals surface area (Å²) in [4.78, 5) is 20.4. The second kappa shape index (κ2) is 5.78. The maximum Gasteiger partial charge on any atom is 0.258 e. The van der Waals surface area contributed by atoms with Crippen LogP contribution >= 0.6 is 0 Å². The molecule has 0 bridgehead atoms. The van der Waals surface area contributed by atoms with E-state index in [0.29, 0.717) is 23.2 Å². The van der Waals surface area contributed by atoms with E-state index in [2.05, 4.69) is 20.6 Å². The average molecular weight is 284 g/mol. The SMILES string of the molecule is COc1ccc(NC(=O)c2cnc(NC3CC3)nc2)cc1. The lowest BCUT2D eigenvalue weighted by molar-refractivity contribution is 0.102. The van der Waals surface area contributed by atoms with Crippen LogP contribution in [-0.2, 0) is 0 Å². The molecule has 1 aliphatic carbocycles. The molecule has 0 unspecified atom stereocenters. The lowest BCUT2D eigenvalue weighted by Crippen LogP contribution is -2.13. The lowest BCUT2D eigenvalue weighted by Gasteiger charge is -2.07. The number of hydrogen-bond donors (Lipinski definition) is 2. The van der Waals surface area contributed by atoms with Crippen molar-refractivity contribution in [3.63, 3.8) is 0 Å². The van der Waals surface area contributed by atoms with Crippen molar-refractivity contribution in [2.24, 2.45) is 0 Å². The first-order valence-corrected chi connectivity index (χ1v) is 6.78. The zero-order chi connectivity index (χ0) is 14.7. The van der Waals surface area contributed by atoms with E-state index in [1.54, 1.807) is 31.4 Å². The Bertz CT molecular complexity index is 621. The first kappa shape index (κ1) is 13.4. The highest BCUT2D eigenvalue weighted by Crippen LogP contribution is 2.22. The molecule has 1 aromatic carbocycles. The number of nitrogens with one attached hydrogen (secondary N) is 2. The summed E-state index contributed by atoms with van der Waals surface area (Å²) in [6.45, 7) is 0. The fourth-order valence-corrected chi connectivity index (χ4v) is 1.81. The number of methoxy groups -OCH3 is 1. The Morgan fingerprint density at radius 3 is 2.43 bits per heavy atom. The van der Waals surface area contributed by atoms with Crippen LogP contribution in [0.2, 0.25) is 0 Å². The van der Waals surface area contributed by atoms with Gasteiger partial charge in [0.25, 0.3) is 5.91 Å². The van der Waals surface area contributed by atoms with Gasteiger partial charge < -0.3 is 15.4 Å². The van der Waals surface area contributed by atoms with Gasteiger partial charge in [-0.25, -0.2) is 9.97 Å². The molecule has 6 nitrogen and oxygen atoms in total. The molecule has 2 aromatic rings. The van der Waals surface area contributed by atoms with Crippen LogP contribution in [0.25, 0.3) is 0 Å². The van der Waals surface area contributed by atoms with Crippen molar-refractivity contribution in [1.82, 2.24) is 9.97 Å². The second-order valence-electron chi connectivity index (χ2n) is 4.90. The monoisotopic (exact) mass is 284 g/mol. The molecule has 21 heavy (non-hydrogen) atoms. The smallest absolute Gasteiger partial charge is 0.258 e. The average Bonchev–Trinajstić information content (AvgIpc) is 3.33. The maximum atomic E-state index is 12.1. The summed E-state index contributed by atoms with van der Waals surface area (Å²) in [7, 11) is 1.60. The fraction of sp³-hybridized carbons (Fsp3) is 0.267. The highest BCUT2D eigenvalue weighted by atomic mass is 16.5. The molecular formula is C15H16N4O2. The first-order valence-electron chi connectivity index (χ1n) is 6.78. The van der Waals surface area contributed by atoms with Crippen molar-refractivity contribution in [1.29, 1.82) is 0 Å². The standard InChI is InChI=1S/C15H16N4O2/c1-21-13-6-4-11(5-7-13)18-14(20)10-8-16-15(17-9-10)19-12-2-3-12/h4-9,12H,2-3H2,1H3,(H,18,20)(H,16,17,19). The number of benzene rings is 1. The zero-order valence-corrected chi connectivity index (χ0v) is 11.7. The predicted octanol–water partition coefficient (Wildman–Crippen LogP) is 2.31. The highest BCUT2D eigenvalue weighted by molar-refractivity contribution is 6.03. The van der Waals surface area contributed by atoms with E-state index in [0.717, 1.165) is 18.6 Å². The molecular weight excluding hydrogens is 268 g/mol. The van der Waals surface area contributed by atoms with Gasteiger partial charge in [0.15, 0.2) is 0 Å². The Balaban J connectivity index is 1.63. The fourth-order valence-electron chi connectivity index (χ4n) is 1.81. The number of ether oxygens (including phenoxy) is 1. The topological polar surface area (TPSA) is 76.1 Å². The first-order chi connectivity index (χ1) is 10.2. The van der Waals surface area contributed by atoms with Crippen LogP contribution in [0.15, 0.2) is 36.7 Å². The largest absolute Gasteiger partial charge is 0.497 e. The third kappa shape index (κ3) is 3.47. The Kier molecular flexibility index (Phi) is 3.68. The molecule has 3 rings (SSSR count). The molecule has 0 spiro atoms. The molecule has 2 N–H and O–H groups in total. The van der Waals surface area contributed by atoms with Gasteiger partial charge in [-0.1, -0.05) is 0 Å². The Morgan fingerprint density at radius 2 is 1.86 bits per heavy atom. The van der Waals surface area contributed by atoms with Crippen LogP contribution in [0.4, 0.5) is 11.6 Å². The lowest BCUT2D eigenvalue weighted by atomic mass is 10.2. The van der Waals surface area contributed by atoms with Crippen LogP contribution in [0.5, 0.6) is 5.75 Å². The normalized spacial score (nSPS) is 13.6. The van der Waals surface area contributed by atoms with Crippen LogP contribution in [0, 0.1) is 0 Å². The summed E-state index contributed by atoms with van der Waals surface area (Å²) < 4.78 is 5.07. The van der Waals surface area contributed by atoms with Gasteiger partial charge in [-0.3, -0.25) is 4.79 Å². The van der Waals surface area contributed by atoms with Gasteiger partial charge in [-0.05, 0) is 37.1 Å². The molecule has 0 radical (unpaired) electrons. The van der Waals surface area contributed by atoms with Crippen molar-refractivity contribution >= 4 is 17.5 Å². The number of anilines is 2. The molecule has 1 amide bonds. The van der Waals surface area contributed by atoms with Crippen molar-refractivity contribution in [3.8, 4) is 5.75 Å². The molecule has 0 saturated heterocycles. The minimum Gasteiger partial charge on any atom is -0.497 e. The van der Waals surface area contributed by atoms with E-state index in [1.165, 1.54) is 12.4 Å². The van der Waals surface area contributed by atoms with Gasteiger partial charge in [0.05, 0.1) is 12.7 Å². The highest BCUT2D eigenvalue weighted by Gasteiger charge is 2.21. The van der Waals surface area contributed by atoms with E-state index in [4.69, 9.17) is 4.74 Å². The van der Waals surface area contributed by atoms with Gasteiger partial charge in [-0.15, -0.1) is 0 Å². The third-order valence-electron chi connectivity index (χ3n) is 3.17. The van der Waals surface area contributed by atoms with Crippen LogP contribution in [-0.4, -0.2) is 29.0 Å². The van der Waals surface area contributed by atoms with E-state index < -0.39 is 0 Å². The summed E-state index contributed by atoms with van der Waals surface area (Å²) in [5.41, 5.74) is 1.12. The Hall–Kier alpha value is -2.63. The molecule has 6 heteroatoms. The van der Waals surface area contributed by atoms with Crippen molar-refractivity contribution in [2.45, 2.75) is 18.9 Å². The van der Waals surface area contributed by atoms with E-state index in [9.17, 15) is 4.79 Å². The number of aromatic nitrogens is 2. The molecule has 1 heterocycles. The van der Waals surface area contributed by atoms with E-state index >= 15 is 0 Å². The molecule has 108 valence electrons. The summed E-state index contributed by atoms with van der Waals surface area (Å²) in [5, 5.41) is 5.96. The summed E-state index contributed by atoms with van der Waals surface area (Å²) in [6.07, 6.45) is 5.36. The maximum absolute atomic E-state index is 12.1. The van der Waals surface area contributed by atoms with Gasteiger partial charge in [0, 0.05) is 24.1 Å². The molecule has 1 fully saturated rings. The van der Waals surface area contributed by atoms with Crippen LogP contribution < -0.4 is 15.4 Å². The van der Waals surface area contributed by atoms with E-state index in [1.807, 2.05) is 0 Å². The molecule has 1 saturated carbocycles. The molecule has 1 aliphatic rings. The van der Waals surface area contributed by atoms with Gasteiger partial charge in [-0.2, -0.15) is 0 Å². The van der Waals surface area contributed by atoms with Crippen molar-refractivity contribution < 1.29 is 9.53 Å². The quantitative estimate of drug-likeness (QED) is 0.881. The second-order valence-corrected chi connectivity index (χ2v) is 4.90. The van der Waals surface area contributed by atoms with Gasteiger partial charge in [0.2, 0.25) is 5.95 Å². The minimum absolute atomic E-state index is 0.238. The van der Waals surface area contributed by atoms with Crippen molar-refractivity contribution in [2.75, 3.05) is 17.7 Å². The predicted molar refractivity (Wildman–Crippen MR) is 79.6 cm³/mol. The number of carbonyl (C=O) groups excluding carboxylic acids is 1. The molecule has 0 atom stereocenters. The zero-order valence-electron chi connectivity index (χ0n) is 11.7. The van der Waals surface area contributed by atoms with E-state index in [-0.39, 0.29) is 5.91 Å². The Morgan fingerprint density at radius 1 is 1.19 bits per heavy atom. The van der Waals surface area contributed by atoms with Crippen LogP contribution in [0.3, 0.4) is 0 Å². The Labute approximate surface area is 122 Å². The summed E-state index contributed by atoms with van der Waals surface area (Å²) in [6, 6.07) is 7.62. The number of amides is 1.